The first kappa shape index (κ1) is 20.6. The van der Waals surface area contributed by atoms with Gasteiger partial charge in [0, 0.05) is 23.0 Å². The van der Waals surface area contributed by atoms with Gasteiger partial charge in [0.25, 0.3) is 0 Å². The standard InChI is InChI=1S/C22H29N3O2S/c1-15-7-9-17(10-8-15)25-20(26)14-18(21(25)19-6-5-13-28-19)22(27)23-16(2)11-12-24(3)4/h5-10,13,16,18,21H,11-12,14H2,1-4H3,(H,23,27). The lowest BCUT2D eigenvalue weighted by molar-refractivity contribution is -0.127. The fourth-order valence-corrected chi connectivity index (χ4v) is 4.52. The monoisotopic (exact) mass is 399 g/mol. The predicted molar refractivity (Wildman–Crippen MR) is 115 cm³/mol. The van der Waals surface area contributed by atoms with Crippen LogP contribution in [0.25, 0.3) is 0 Å². The van der Waals surface area contributed by atoms with E-state index in [4.69, 9.17) is 0 Å². The highest BCUT2D eigenvalue weighted by Crippen LogP contribution is 2.43. The van der Waals surface area contributed by atoms with E-state index in [0.29, 0.717) is 0 Å². The van der Waals surface area contributed by atoms with E-state index in [-0.39, 0.29) is 36.2 Å². The van der Waals surface area contributed by atoms with Crippen molar-refractivity contribution in [2.24, 2.45) is 5.92 Å². The van der Waals surface area contributed by atoms with Gasteiger partial charge in [-0.2, -0.15) is 0 Å². The summed E-state index contributed by atoms with van der Waals surface area (Å²) in [6, 6.07) is 11.8. The third kappa shape index (κ3) is 4.62. The summed E-state index contributed by atoms with van der Waals surface area (Å²) in [5, 5.41) is 5.13. The number of nitrogens with zero attached hydrogens (tertiary/aromatic N) is 2. The predicted octanol–water partition coefficient (Wildman–Crippen LogP) is 3.61. The third-order valence-corrected chi connectivity index (χ3v) is 6.15. The van der Waals surface area contributed by atoms with Crippen LogP contribution in [0.1, 0.15) is 36.2 Å². The minimum absolute atomic E-state index is 0.00310. The highest BCUT2D eigenvalue weighted by atomic mass is 32.1. The number of nitrogens with one attached hydrogen (secondary N) is 1. The molecule has 0 radical (unpaired) electrons. The van der Waals surface area contributed by atoms with E-state index in [0.717, 1.165) is 29.1 Å². The van der Waals surface area contributed by atoms with Crippen LogP contribution < -0.4 is 10.2 Å². The van der Waals surface area contributed by atoms with Gasteiger partial charge in [0.1, 0.15) is 0 Å². The number of anilines is 1. The van der Waals surface area contributed by atoms with E-state index in [9.17, 15) is 9.59 Å². The molecule has 1 aromatic carbocycles. The van der Waals surface area contributed by atoms with Crippen molar-refractivity contribution in [3.63, 3.8) is 0 Å². The van der Waals surface area contributed by atoms with Crippen molar-refractivity contribution in [2.45, 2.75) is 38.8 Å². The van der Waals surface area contributed by atoms with Gasteiger partial charge in [-0.05, 0) is 64.5 Å². The first-order chi connectivity index (χ1) is 13.4. The van der Waals surface area contributed by atoms with Crippen LogP contribution in [0.5, 0.6) is 0 Å². The Balaban J connectivity index is 1.83. The summed E-state index contributed by atoms with van der Waals surface area (Å²) in [4.78, 5) is 31.0. The van der Waals surface area contributed by atoms with Gasteiger partial charge in [-0.1, -0.05) is 23.8 Å². The summed E-state index contributed by atoms with van der Waals surface area (Å²) < 4.78 is 0. The molecular weight excluding hydrogens is 370 g/mol. The van der Waals surface area contributed by atoms with Crippen LogP contribution in [0, 0.1) is 12.8 Å². The van der Waals surface area contributed by atoms with Crippen LogP contribution in [0.4, 0.5) is 5.69 Å². The highest BCUT2D eigenvalue weighted by Gasteiger charge is 2.45. The SMILES string of the molecule is Cc1ccc(N2C(=O)CC(C(=O)NC(C)CCN(C)C)C2c2cccs2)cc1. The van der Waals surface area contributed by atoms with Crippen molar-refractivity contribution >= 4 is 28.8 Å². The molecule has 1 aromatic heterocycles. The second kappa shape index (κ2) is 8.88. The Bertz CT molecular complexity index is 802. The topological polar surface area (TPSA) is 52.7 Å². The lowest BCUT2D eigenvalue weighted by atomic mass is 9.97. The Morgan fingerprint density at radius 3 is 2.61 bits per heavy atom. The van der Waals surface area contributed by atoms with Gasteiger partial charge < -0.3 is 15.1 Å². The normalized spacial score (nSPS) is 20.6. The van der Waals surface area contributed by atoms with E-state index in [1.54, 1.807) is 16.2 Å². The van der Waals surface area contributed by atoms with Crippen LogP contribution in [0.2, 0.25) is 0 Å². The van der Waals surface area contributed by atoms with E-state index in [2.05, 4.69) is 10.2 Å². The number of aryl methyl sites for hydroxylation is 1. The van der Waals surface area contributed by atoms with Crippen molar-refractivity contribution in [1.29, 1.82) is 0 Å². The maximum Gasteiger partial charge on any atom is 0.228 e. The molecule has 1 aliphatic heterocycles. The Hall–Kier alpha value is -2.18. The van der Waals surface area contributed by atoms with Crippen LogP contribution in [-0.4, -0.2) is 43.4 Å². The summed E-state index contributed by atoms with van der Waals surface area (Å²) in [7, 11) is 4.05. The second-order valence-electron chi connectivity index (χ2n) is 7.87. The number of benzene rings is 1. The van der Waals surface area contributed by atoms with Crippen molar-refractivity contribution < 1.29 is 9.59 Å². The van der Waals surface area contributed by atoms with Gasteiger partial charge in [-0.15, -0.1) is 11.3 Å². The second-order valence-corrected chi connectivity index (χ2v) is 8.85. The van der Waals surface area contributed by atoms with Crippen molar-refractivity contribution in [3.05, 3.63) is 52.2 Å². The van der Waals surface area contributed by atoms with Crippen LogP contribution in [0.15, 0.2) is 41.8 Å². The molecule has 1 aliphatic rings. The lowest BCUT2D eigenvalue weighted by Gasteiger charge is -2.28. The molecule has 3 atom stereocenters. The molecular formula is C22H29N3O2S. The number of amides is 2. The van der Waals surface area contributed by atoms with Crippen molar-refractivity contribution in [1.82, 2.24) is 10.2 Å². The minimum atomic E-state index is -0.380. The highest BCUT2D eigenvalue weighted by molar-refractivity contribution is 7.10. The van der Waals surface area contributed by atoms with Gasteiger partial charge in [0.05, 0.1) is 12.0 Å². The Kier molecular flexibility index (Phi) is 6.52. The van der Waals surface area contributed by atoms with Gasteiger partial charge >= 0.3 is 0 Å². The largest absolute Gasteiger partial charge is 0.353 e. The number of carbonyl (C=O) groups is 2. The van der Waals surface area contributed by atoms with E-state index in [1.165, 1.54) is 0 Å². The fourth-order valence-electron chi connectivity index (χ4n) is 3.64. The molecule has 5 nitrogen and oxygen atoms in total. The molecule has 3 unspecified atom stereocenters. The van der Waals surface area contributed by atoms with Gasteiger partial charge in [-0.3, -0.25) is 9.59 Å². The fraction of sp³-hybridized carbons (Fsp3) is 0.455. The van der Waals surface area contributed by atoms with Crippen LogP contribution in [0.3, 0.4) is 0 Å². The zero-order chi connectivity index (χ0) is 20.3. The summed E-state index contributed by atoms with van der Waals surface area (Å²) >= 11 is 1.60. The summed E-state index contributed by atoms with van der Waals surface area (Å²) in [5.41, 5.74) is 2.00. The molecule has 2 aromatic rings. The summed E-state index contributed by atoms with van der Waals surface area (Å²) in [6.07, 6.45) is 1.12. The number of carbonyl (C=O) groups excluding carboxylic acids is 2. The Labute approximate surface area is 171 Å². The minimum Gasteiger partial charge on any atom is -0.353 e. The molecule has 0 aliphatic carbocycles. The smallest absolute Gasteiger partial charge is 0.228 e. The molecule has 150 valence electrons. The molecule has 2 amide bonds. The molecule has 28 heavy (non-hydrogen) atoms. The van der Waals surface area contributed by atoms with Crippen molar-refractivity contribution in [3.8, 4) is 0 Å². The van der Waals surface area contributed by atoms with Gasteiger partial charge in [0.15, 0.2) is 0 Å². The zero-order valence-corrected chi connectivity index (χ0v) is 17.8. The first-order valence-electron chi connectivity index (χ1n) is 9.74. The number of thiophene rings is 1. The van der Waals surface area contributed by atoms with Crippen LogP contribution in [-0.2, 0) is 9.59 Å². The molecule has 1 saturated heterocycles. The molecule has 1 fully saturated rings. The Morgan fingerprint density at radius 2 is 2.00 bits per heavy atom. The van der Waals surface area contributed by atoms with E-state index >= 15 is 0 Å². The van der Waals surface area contributed by atoms with Crippen molar-refractivity contribution in [2.75, 3.05) is 25.5 Å². The Morgan fingerprint density at radius 1 is 1.29 bits per heavy atom. The molecule has 0 spiro atoms. The average Bonchev–Trinajstić information content (AvgIpc) is 3.28. The quantitative estimate of drug-likeness (QED) is 0.774. The third-order valence-electron chi connectivity index (χ3n) is 5.20. The number of hydrogen-bond acceptors (Lipinski definition) is 4. The maximum absolute atomic E-state index is 13.1. The summed E-state index contributed by atoms with van der Waals surface area (Å²) in [6.45, 7) is 4.96. The van der Waals surface area contributed by atoms with Gasteiger partial charge in [0.2, 0.25) is 11.8 Å². The number of rotatable bonds is 7. The summed E-state index contributed by atoms with van der Waals surface area (Å²) in [5.74, 6) is -0.412. The number of hydrogen-bond donors (Lipinski definition) is 1. The van der Waals surface area contributed by atoms with Crippen LogP contribution >= 0.6 is 11.3 Å². The maximum atomic E-state index is 13.1. The molecule has 3 rings (SSSR count). The lowest BCUT2D eigenvalue weighted by Crippen LogP contribution is -2.40. The molecule has 6 heteroatoms. The molecule has 1 N–H and O–H groups in total. The first-order valence-corrected chi connectivity index (χ1v) is 10.6. The zero-order valence-electron chi connectivity index (χ0n) is 17.0. The van der Waals surface area contributed by atoms with E-state index in [1.807, 2.05) is 69.7 Å². The molecule has 0 saturated carbocycles. The molecule has 2 heterocycles. The van der Waals surface area contributed by atoms with Gasteiger partial charge in [-0.25, -0.2) is 0 Å². The molecule has 0 bridgehead atoms. The van der Waals surface area contributed by atoms with E-state index < -0.39 is 0 Å². The average molecular weight is 400 g/mol.